The van der Waals surface area contributed by atoms with Crippen LogP contribution < -0.4 is 0 Å². The van der Waals surface area contributed by atoms with Gasteiger partial charge in [0.15, 0.2) is 0 Å². The van der Waals surface area contributed by atoms with Gasteiger partial charge in [-0.05, 0) is 6.42 Å². The minimum absolute atomic E-state index is 0. The van der Waals surface area contributed by atoms with Gasteiger partial charge in [-0.2, -0.15) is 0 Å². The Morgan fingerprint density at radius 1 is 1.67 bits per heavy atom. The Kier molecular flexibility index (Phi) is 3.71. The summed E-state index contributed by atoms with van der Waals surface area (Å²) in [5.41, 5.74) is 1.23. The molecule has 3 N–H and O–H groups in total. The number of aromatic amines is 1. The van der Waals surface area contributed by atoms with Gasteiger partial charge >= 0.3 is 0 Å². The fourth-order valence-electron chi connectivity index (χ4n) is 0.691. The molecule has 0 aliphatic carbocycles. The summed E-state index contributed by atoms with van der Waals surface area (Å²) in [6.07, 6.45) is 5.87. The van der Waals surface area contributed by atoms with Gasteiger partial charge in [-0.25, -0.2) is 4.98 Å². The summed E-state index contributed by atoms with van der Waals surface area (Å²) in [5.74, 6) is 0. The molecule has 1 heterocycles. The van der Waals surface area contributed by atoms with E-state index in [0.29, 0.717) is 0 Å². The molecule has 3 heteroatoms. The van der Waals surface area contributed by atoms with Crippen molar-refractivity contribution >= 4 is 0 Å². The largest absolute Gasteiger partial charge is 0.412 e. The molecule has 0 saturated carbocycles. The zero-order chi connectivity index (χ0) is 5.82. The molecule has 0 aliphatic rings. The van der Waals surface area contributed by atoms with Crippen molar-refractivity contribution < 1.29 is 5.48 Å². The molecule has 9 heavy (non-hydrogen) atoms. The topological polar surface area (TPSA) is 60.2 Å². The van der Waals surface area contributed by atoms with Crippen LogP contribution in [0.2, 0.25) is 0 Å². The summed E-state index contributed by atoms with van der Waals surface area (Å²) in [6.45, 7) is 2.15. The predicted molar refractivity (Wildman–Crippen MR) is 36.2 cm³/mol. The second-order valence-electron chi connectivity index (χ2n) is 1.83. The van der Waals surface area contributed by atoms with Crippen LogP contribution in [0, 0.1) is 0 Å². The molecule has 3 nitrogen and oxygen atoms in total. The van der Waals surface area contributed by atoms with Crippen molar-refractivity contribution in [2.24, 2.45) is 0 Å². The fraction of sp³-hybridized carbons (Fsp3) is 0.500. The Bertz CT molecular complexity index is 137. The van der Waals surface area contributed by atoms with Crippen molar-refractivity contribution in [3.63, 3.8) is 0 Å². The number of hydrogen-bond acceptors (Lipinski definition) is 1. The maximum Gasteiger partial charge on any atom is 0.0921 e. The first kappa shape index (κ1) is 8.17. The predicted octanol–water partition coefficient (Wildman–Crippen LogP) is 0.537. The average Bonchev–Trinajstić information content (AvgIpc) is 2.19. The first-order chi connectivity index (χ1) is 3.93. The van der Waals surface area contributed by atoms with E-state index in [1.165, 1.54) is 12.1 Å². The highest BCUT2D eigenvalue weighted by Crippen LogP contribution is 1.93. The highest BCUT2D eigenvalue weighted by molar-refractivity contribution is 4.93. The van der Waals surface area contributed by atoms with Crippen LogP contribution in [-0.4, -0.2) is 15.4 Å². The van der Waals surface area contributed by atoms with E-state index in [0.717, 1.165) is 6.42 Å². The molecule has 0 bridgehead atoms. The van der Waals surface area contributed by atoms with Crippen molar-refractivity contribution in [3.05, 3.63) is 18.2 Å². The van der Waals surface area contributed by atoms with E-state index in [1.54, 1.807) is 6.33 Å². The van der Waals surface area contributed by atoms with Crippen LogP contribution in [-0.2, 0) is 6.42 Å². The van der Waals surface area contributed by atoms with Crippen molar-refractivity contribution in [1.82, 2.24) is 9.97 Å². The minimum atomic E-state index is 0. The minimum Gasteiger partial charge on any atom is -0.412 e. The van der Waals surface area contributed by atoms with Crippen LogP contribution in [0.25, 0.3) is 0 Å². The molecule has 1 aromatic heterocycles. The molecular formula is C6H12N2O. The number of H-pyrrole nitrogens is 1. The van der Waals surface area contributed by atoms with Gasteiger partial charge in [0.05, 0.1) is 6.33 Å². The molecule has 0 aliphatic heterocycles. The molecule has 0 amide bonds. The smallest absolute Gasteiger partial charge is 0.0921 e. The van der Waals surface area contributed by atoms with Gasteiger partial charge in [0, 0.05) is 11.9 Å². The first-order valence-corrected chi connectivity index (χ1v) is 2.90. The third-order valence-electron chi connectivity index (χ3n) is 1.07. The summed E-state index contributed by atoms with van der Waals surface area (Å²) in [4.78, 5) is 6.91. The van der Waals surface area contributed by atoms with E-state index in [4.69, 9.17) is 0 Å². The lowest BCUT2D eigenvalue weighted by molar-refractivity contribution is 0.824. The van der Waals surface area contributed by atoms with Gasteiger partial charge < -0.3 is 10.5 Å². The van der Waals surface area contributed by atoms with Crippen LogP contribution in [0.1, 0.15) is 19.0 Å². The first-order valence-electron chi connectivity index (χ1n) is 2.90. The number of imidazole rings is 1. The quantitative estimate of drug-likeness (QED) is 0.620. The van der Waals surface area contributed by atoms with Crippen molar-refractivity contribution in [2.45, 2.75) is 19.8 Å². The number of hydrogen-bond donors (Lipinski definition) is 1. The fourth-order valence-corrected chi connectivity index (χ4v) is 0.691. The van der Waals surface area contributed by atoms with Gasteiger partial charge in [0.2, 0.25) is 0 Å². The second kappa shape index (κ2) is 4.09. The Morgan fingerprint density at radius 3 is 2.89 bits per heavy atom. The number of rotatable bonds is 2. The standard InChI is InChI=1S/C6H10N2.H2O/c1-2-3-6-4-7-5-8-6;/h4-5H,2-3H2,1H3,(H,7,8);1H2. The Hall–Kier alpha value is -0.830. The molecule has 0 fully saturated rings. The van der Waals surface area contributed by atoms with Crippen LogP contribution >= 0.6 is 0 Å². The lowest BCUT2D eigenvalue weighted by Gasteiger charge is -1.86. The SMILES string of the molecule is CCCc1cnc[nH]1.O. The summed E-state index contributed by atoms with van der Waals surface area (Å²) >= 11 is 0. The Labute approximate surface area is 54.4 Å². The molecule has 0 aromatic carbocycles. The molecule has 0 saturated heterocycles. The molecule has 0 atom stereocenters. The van der Waals surface area contributed by atoms with Gasteiger partial charge in [-0.3, -0.25) is 0 Å². The van der Waals surface area contributed by atoms with Gasteiger partial charge in [-0.1, -0.05) is 13.3 Å². The lowest BCUT2D eigenvalue weighted by atomic mass is 10.3. The maximum absolute atomic E-state index is 3.89. The van der Waals surface area contributed by atoms with Gasteiger partial charge in [0.25, 0.3) is 0 Å². The molecule has 1 rings (SSSR count). The zero-order valence-corrected chi connectivity index (χ0v) is 5.52. The molecular weight excluding hydrogens is 116 g/mol. The third kappa shape index (κ3) is 2.28. The van der Waals surface area contributed by atoms with Crippen molar-refractivity contribution in [3.8, 4) is 0 Å². The number of aryl methyl sites for hydroxylation is 1. The van der Waals surface area contributed by atoms with E-state index in [-0.39, 0.29) is 5.48 Å². The maximum atomic E-state index is 3.89. The van der Waals surface area contributed by atoms with E-state index < -0.39 is 0 Å². The summed E-state index contributed by atoms with van der Waals surface area (Å²) in [5, 5.41) is 0. The average molecular weight is 128 g/mol. The Morgan fingerprint density at radius 2 is 2.44 bits per heavy atom. The third-order valence-corrected chi connectivity index (χ3v) is 1.07. The summed E-state index contributed by atoms with van der Waals surface area (Å²) < 4.78 is 0. The molecule has 0 radical (unpaired) electrons. The van der Waals surface area contributed by atoms with Gasteiger partial charge in [-0.15, -0.1) is 0 Å². The zero-order valence-electron chi connectivity index (χ0n) is 5.52. The van der Waals surface area contributed by atoms with Crippen LogP contribution in [0.3, 0.4) is 0 Å². The highest BCUT2D eigenvalue weighted by atomic mass is 16.0. The molecule has 52 valence electrons. The van der Waals surface area contributed by atoms with Crippen molar-refractivity contribution in [1.29, 1.82) is 0 Å². The summed E-state index contributed by atoms with van der Waals surface area (Å²) in [6, 6.07) is 0. The second-order valence-corrected chi connectivity index (χ2v) is 1.83. The highest BCUT2D eigenvalue weighted by Gasteiger charge is 1.86. The summed E-state index contributed by atoms with van der Waals surface area (Å²) in [7, 11) is 0. The normalized spacial score (nSPS) is 8.56. The van der Waals surface area contributed by atoms with Crippen molar-refractivity contribution in [2.75, 3.05) is 0 Å². The van der Waals surface area contributed by atoms with E-state index in [1.807, 2.05) is 6.20 Å². The van der Waals surface area contributed by atoms with Gasteiger partial charge in [0.1, 0.15) is 0 Å². The molecule has 1 aromatic rings. The van der Waals surface area contributed by atoms with E-state index in [2.05, 4.69) is 16.9 Å². The molecule has 0 spiro atoms. The molecule has 0 unspecified atom stereocenters. The number of nitrogens with zero attached hydrogens (tertiary/aromatic N) is 1. The van der Waals surface area contributed by atoms with Crippen LogP contribution in [0.15, 0.2) is 12.5 Å². The number of nitrogens with one attached hydrogen (secondary N) is 1. The Balaban J connectivity index is 0.000000640. The van der Waals surface area contributed by atoms with Crippen LogP contribution in [0.4, 0.5) is 0 Å². The van der Waals surface area contributed by atoms with Crippen LogP contribution in [0.5, 0.6) is 0 Å². The van der Waals surface area contributed by atoms with E-state index in [9.17, 15) is 0 Å². The number of aromatic nitrogens is 2. The van der Waals surface area contributed by atoms with E-state index >= 15 is 0 Å². The lowest BCUT2D eigenvalue weighted by Crippen LogP contribution is -1.79. The monoisotopic (exact) mass is 128 g/mol.